The van der Waals surface area contributed by atoms with Gasteiger partial charge in [0.05, 0.1) is 4.90 Å². The van der Waals surface area contributed by atoms with Crippen molar-refractivity contribution in [3.8, 4) is 0 Å². The Morgan fingerprint density at radius 3 is 2.52 bits per heavy atom. The van der Waals surface area contributed by atoms with Crippen molar-refractivity contribution in [3.05, 3.63) is 59.4 Å². The molecule has 0 atom stereocenters. The molecule has 2 aromatic rings. The molecule has 0 unspecified atom stereocenters. The number of anilines is 1. The van der Waals surface area contributed by atoms with Crippen molar-refractivity contribution < 1.29 is 17.6 Å². The van der Waals surface area contributed by atoms with Crippen LogP contribution in [-0.2, 0) is 27.8 Å². The van der Waals surface area contributed by atoms with Crippen LogP contribution in [0.15, 0.2) is 47.4 Å². The number of aryl methyl sites for hydroxylation is 1. The molecule has 1 amide bonds. The molecule has 0 fully saturated rings. The summed E-state index contributed by atoms with van der Waals surface area (Å²) < 4.78 is 40.0. The third-order valence-corrected chi connectivity index (χ3v) is 5.67. The van der Waals surface area contributed by atoms with E-state index < -0.39 is 15.8 Å². The maximum atomic E-state index is 12.9. The maximum absolute atomic E-state index is 12.9. The first-order chi connectivity index (χ1) is 11.9. The number of nitrogens with one attached hydrogen (secondary N) is 1. The van der Waals surface area contributed by atoms with Gasteiger partial charge >= 0.3 is 0 Å². The number of fused-ring (bicyclic) bond motifs is 1. The first-order valence-corrected chi connectivity index (χ1v) is 9.56. The lowest BCUT2D eigenvalue weighted by Crippen LogP contribution is -2.34. The largest absolute Gasteiger partial charge is 0.312 e. The Morgan fingerprint density at radius 1 is 1.12 bits per heavy atom. The summed E-state index contributed by atoms with van der Waals surface area (Å²) >= 11 is 0. The number of nitrogens with zero attached hydrogens (tertiary/aromatic N) is 1. The second-order valence-corrected chi connectivity index (χ2v) is 7.65. The minimum absolute atomic E-state index is 0.0228. The van der Waals surface area contributed by atoms with E-state index in [9.17, 15) is 17.6 Å². The van der Waals surface area contributed by atoms with Crippen molar-refractivity contribution in [1.82, 2.24) is 4.72 Å². The van der Waals surface area contributed by atoms with Gasteiger partial charge in [0.25, 0.3) is 0 Å². The first kappa shape index (κ1) is 17.6. The number of carbonyl (C=O) groups excluding carboxylic acids is 1. The topological polar surface area (TPSA) is 66.5 Å². The van der Waals surface area contributed by atoms with Crippen LogP contribution in [0.3, 0.4) is 0 Å². The highest BCUT2D eigenvalue weighted by molar-refractivity contribution is 7.89. The van der Waals surface area contributed by atoms with E-state index in [4.69, 9.17) is 0 Å². The van der Waals surface area contributed by atoms with E-state index in [0.717, 1.165) is 28.9 Å². The molecule has 1 aliphatic heterocycles. The average molecular weight is 362 g/mol. The van der Waals surface area contributed by atoms with Crippen LogP contribution in [0, 0.1) is 5.82 Å². The molecule has 0 saturated heterocycles. The minimum Gasteiger partial charge on any atom is -0.312 e. The SMILES string of the molecule is CCN1C(=O)CCc2cc(CNS(=O)(=O)c3ccc(F)cc3)ccc21. The van der Waals surface area contributed by atoms with E-state index in [1.807, 2.05) is 25.1 Å². The van der Waals surface area contributed by atoms with Crippen LogP contribution >= 0.6 is 0 Å². The van der Waals surface area contributed by atoms with Gasteiger partial charge in [-0.25, -0.2) is 17.5 Å². The van der Waals surface area contributed by atoms with Gasteiger partial charge in [-0.15, -0.1) is 0 Å². The number of hydrogen-bond donors (Lipinski definition) is 1. The van der Waals surface area contributed by atoms with Gasteiger partial charge in [-0.1, -0.05) is 12.1 Å². The number of benzene rings is 2. The molecule has 0 saturated carbocycles. The molecule has 3 rings (SSSR count). The molecule has 2 aromatic carbocycles. The molecular formula is C18H19FN2O3S. The van der Waals surface area contributed by atoms with Crippen LogP contribution in [0.25, 0.3) is 0 Å². The fourth-order valence-electron chi connectivity index (χ4n) is 2.95. The lowest BCUT2D eigenvalue weighted by molar-refractivity contribution is -0.118. The minimum atomic E-state index is -3.70. The smallest absolute Gasteiger partial charge is 0.240 e. The summed E-state index contributed by atoms with van der Waals surface area (Å²) in [7, 11) is -3.70. The first-order valence-electron chi connectivity index (χ1n) is 8.08. The number of halogens is 1. The van der Waals surface area contributed by atoms with Crippen molar-refractivity contribution in [1.29, 1.82) is 0 Å². The van der Waals surface area contributed by atoms with Crippen molar-refractivity contribution in [2.45, 2.75) is 31.2 Å². The highest BCUT2D eigenvalue weighted by Gasteiger charge is 2.23. The zero-order valence-corrected chi connectivity index (χ0v) is 14.6. The molecule has 1 N–H and O–H groups in total. The standard InChI is InChI=1S/C18H19FN2O3S/c1-2-21-17-9-3-13(11-14(17)4-10-18(21)22)12-20-25(23,24)16-7-5-15(19)6-8-16/h3,5-9,11,20H,2,4,10,12H2,1H3. The van der Waals surface area contributed by atoms with Crippen molar-refractivity contribution in [3.63, 3.8) is 0 Å². The summed E-state index contributed by atoms with van der Waals surface area (Å²) in [6.07, 6.45) is 1.12. The Balaban J connectivity index is 1.76. The van der Waals surface area contributed by atoms with Crippen LogP contribution in [-0.4, -0.2) is 20.9 Å². The molecule has 0 radical (unpaired) electrons. The normalized spacial score (nSPS) is 14.5. The third kappa shape index (κ3) is 3.72. The summed E-state index contributed by atoms with van der Waals surface area (Å²) in [6, 6.07) is 10.3. The molecule has 1 heterocycles. The van der Waals surface area contributed by atoms with Crippen molar-refractivity contribution in [2.75, 3.05) is 11.4 Å². The molecule has 0 spiro atoms. The van der Waals surface area contributed by atoms with Gasteiger partial charge in [-0.05, 0) is 54.8 Å². The summed E-state index contributed by atoms with van der Waals surface area (Å²) in [4.78, 5) is 13.7. The van der Waals surface area contributed by atoms with E-state index in [1.54, 1.807) is 4.90 Å². The van der Waals surface area contributed by atoms with E-state index in [0.29, 0.717) is 19.4 Å². The van der Waals surface area contributed by atoms with Gasteiger partial charge in [-0.3, -0.25) is 4.79 Å². The Bertz CT molecular complexity index is 895. The monoisotopic (exact) mass is 362 g/mol. The van der Waals surface area contributed by atoms with Gasteiger partial charge in [-0.2, -0.15) is 0 Å². The predicted molar refractivity (Wildman–Crippen MR) is 93.2 cm³/mol. The summed E-state index contributed by atoms with van der Waals surface area (Å²) in [5.41, 5.74) is 2.75. The number of rotatable bonds is 5. The van der Waals surface area contributed by atoms with Crippen molar-refractivity contribution in [2.24, 2.45) is 0 Å². The van der Waals surface area contributed by atoms with Gasteiger partial charge in [0, 0.05) is 25.2 Å². The predicted octanol–water partition coefficient (Wildman–Crippen LogP) is 2.60. The molecule has 0 aromatic heterocycles. The summed E-state index contributed by atoms with van der Waals surface area (Å²) in [5.74, 6) is -0.372. The molecule has 132 valence electrons. The maximum Gasteiger partial charge on any atom is 0.240 e. The molecule has 0 aliphatic carbocycles. The second kappa shape index (κ2) is 6.93. The van der Waals surface area contributed by atoms with Crippen LogP contribution < -0.4 is 9.62 Å². The van der Waals surface area contributed by atoms with Crippen LogP contribution in [0.2, 0.25) is 0 Å². The molecule has 25 heavy (non-hydrogen) atoms. The number of sulfonamides is 1. The van der Waals surface area contributed by atoms with Gasteiger partial charge < -0.3 is 4.90 Å². The third-order valence-electron chi connectivity index (χ3n) is 4.25. The molecular weight excluding hydrogens is 343 g/mol. The fraction of sp³-hybridized carbons (Fsp3) is 0.278. The molecule has 0 bridgehead atoms. The van der Waals surface area contributed by atoms with E-state index in [2.05, 4.69) is 4.72 Å². The van der Waals surface area contributed by atoms with E-state index in [-0.39, 0.29) is 17.3 Å². The lowest BCUT2D eigenvalue weighted by Gasteiger charge is -2.28. The summed E-state index contributed by atoms with van der Waals surface area (Å²) in [5, 5.41) is 0. The quantitative estimate of drug-likeness (QED) is 0.889. The van der Waals surface area contributed by atoms with Crippen LogP contribution in [0.5, 0.6) is 0 Å². The lowest BCUT2D eigenvalue weighted by atomic mass is 9.99. The van der Waals surface area contributed by atoms with E-state index >= 15 is 0 Å². The van der Waals surface area contributed by atoms with Crippen LogP contribution in [0.1, 0.15) is 24.5 Å². The average Bonchev–Trinajstić information content (AvgIpc) is 2.60. The van der Waals surface area contributed by atoms with Gasteiger partial charge in [0.15, 0.2) is 0 Å². The van der Waals surface area contributed by atoms with E-state index in [1.165, 1.54) is 12.1 Å². The Morgan fingerprint density at radius 2 is 1.84 bits per heavy atom. The number of carbonyl (C=O) groups is 1. The highest BCUT2D eigenvalue weighted by atomic mass is 32.2. The van der Waals surface area contributed by atoms with Gasteiger partial charge in [0.2, 0.25) is 15.9 Å². The number of amides is 1. The fourth-order valence-corrected chi connectivity index (χ4v) is 3.96. The highest BCUT2D eigenvalue weighted by Crippen LogP contribution is 2.28. The Kier molecular flexibility index (Phi) is 4.87. The second-order valence-electron chi connectivity index (χ2n) is 5.88. The Hall–Kier alpha value is -2.25. The molecule has 5 nitrogen and oxygen atoms in total. The Labute approximate surface area is 146 Å². The summed E-state index contributed by atoms with van der Waals surface area (Å²) in [6.45, 7) is 2.67. The number of hydrogen-bond acceptors (Lipinski definition) is 3. The molecule has 1 aliphatic rings. The van der Waals surface area contributed by atoms with Gasteiger partial charge in [0.1, 0.15) is 5.82 Å². The zero-order chi connectivity index (χ0) is 18.0. The van der Waals surface area contributed by atoms with Crippen molar-refractivity contribution >= 4 is 21.6 Å². The zero-order valence-electron chi connectivity index (χ0n) is 13.8. The van der Waals surface area contributed by atoms with Crippen LogP contribution in [0.4, 0.5) is 10.1 Å². The molecule has 7 heteroatoms.